The van der Waals surface area contributed by atoms with Gasteiger partial charge in [-0.3, -0.25) is 4.90 Å². The van der Waals surface area contributed by atoms with Gasteiger partial charge in [-0.1, -0.05) is 0 Å². The smallest absolute Gasteiger partial charge is 0.125 e. The summed E-state index contributed by atoms with van der Waals surface area (Å²) in [5.41, 5.74) is 0.511. The molecule has 1 heterocycles. The lowest BCUT2D eigenvalue weighted by molar-refractivity contribution is 0.186. The molecule has 1 aliphatic heterocycles. The fourth-order valence-corrected chi connectivity index (χ4v) is 2.27. The Morgan fingerprint density at radius 1 is 1.39 bits per heavy atom. The number of aliphatic hydroxyl groups excluding tert-OH is 1. The highest BCUT2D eigenvalue weighted by Gasteiger charge is 2.13. The van der Waals surface area contributed by atoms with Crippen LogP contribution in [-0.2, 0) is 0 Å². The number of benzene rings is 1. The minimum atomic E-state index is -0.720. The summed E-state index contributed by atoms with van der Waals surface area (Å²) >= 11 is 0. The lowest BCUT2D eigenvalue weighted by Gasteiger charge is -2.17. The molecule has 1 atom stereocenters. The summed E-state index contributed by atoms with van der Waals surface area (Å²) < 4.78 is 18.7. The van der Waals surface area contributed by atoms with Crippen LogP contribution < -0.4 is 4.74 Å². The van der Waals surface area contributed by atoms with E-state index in [1.54, 1.807) is 13.0 Å². The second-order valence-electron chi connectivity index (χ2n) is 4.76. The zero-order valence-electron chi connectivity index (χ0n) is 10.7. The Labute approximate surface area is 107 Å². The summed E-state index contributed by atoms with van der Waals surface area (Å²) in [7, 11) is 0. The van der Waals surface area contributed by atoms with Crippen LogP contribution in [0.4, 0.5) is 4.39 Å². The molecule has 4 heteroatoms. The van der Waals surface area contributed by atoms with Crippen LogP contribution in [0, 0.1) is 5.82 Å². The number of ether oxygens (including phenoxy) is 1. The van der Waals surface area contributed by atoms with Crippen molar-refractivity contribution in [3.05, 3.63) is 29.6 Å². The van der Waals surface area contributed by atoms with E-state index in [1.807, 2.05) is 0 Å². The Morgan fingerprint density at radius 2 is 2.11 bits per heavy atom. The Balaban J connectivity index is 1.91. The summed E-state index contributed by atoms with van der Waals surface area (Å²) in [5, 5.41) is 9.58. The molecule has 0 amide bonds. The minimum absolute atomic E-state index is 0.349. The van der Waals surface area contributed by atoms with Gasteiger partial charge in [0, 0.05) is 12.1 Å². The molecule has 0 aliphatic carbocycles. The van der Waals surface area contributed by atoms with Crippen molar-refractivity contribution in [2.45, 2.75) is 25.9 Å². The van der Waals surface area contributed by atoms with Crippen molar-refractivity contribution in [1.82, 2.24) is 4.90 Å². The lowest BCUT2D eigenvalue weighted by atomic mass is 10.1. The van der Waals surface area contributed by atoms with Gasteiger partial charge in [0.1, 0.15) is 18.2 Å². The zero-order valence-corrected chi connectivity index (χ0v) is 10.7. The van der Waals surface area contributed by atoms with Gasteiger partial charge in [0.2, 0.25) is 0 Å². The molecule has 1 saturated heterocycles. The van der Waals surface area contributed by atoms with Gasteiger partial charge in [-0.15, -0.1) is 0 Å². The predicted octanol–water partition coefficient (Wildman–Crippen LogP) is 2.35. The Hall–Kier alpha value is -1.13. The van der Waals surface area contributed by atoms with Gasteiger partial charge in [-0.05, 0) is 51.1 Å². The number of rotatable bonds is 5. The molecule has 0 spiro atoms. The molecule has 1 aliphatic rings. The Morgan fingerprint density at radius 3 is 2.78 bits per heavy atom. The predicted molar refractivity (Wildman–Crippen MR) is 68.2 cm³/mol. The van der Waals surface area contributed by atoms with Gasteiger partial charge in [-0.2, -0.15) is 0 Å². The maximum atomic E-state index is 13.1. The molecular formula is C14H20FNO2. The first-order valence-electron chi connectivity index (χ1n) is 6.49. The second-order valence-corrected chi connectivity index (χ2v) is 4.76. The molecule has 18 heavy (non-hydrogen) atoms. The average molecular weight is 253 g/mol. The molecule has 1 N–H and O–H groups in total. The first-order valence-corrected chi connectivity index (χ1v) is 6.49. The third-order valence-corrected chi connectivity index (χ3v) is 3.29. The van der Waals surface area contributed by atoms with E-state index in [-0.39, 0.29) is 5.82 Å². The van der Waals surface area contributed by atoms with Crippen LogP contribution in [0.5, 0.6) is 5.75 Å². The zero-order chi connectivity index (χ0) is 13.0. The molecule has 1 fully saturated rings. The number of aliphatic hydroxyl groups is 1. The molecule has 1 aromatic rings. The fourth-order valence-electron chi connectivity index (χ4n) is 2.27. The lowest BCUT2D eigenvalue weighted by Crippen LogP contribution is -2.25. The second kappa shape index (κ2) is 6.16. The third-order valence-electron chi connectivity index (χ3n) is 3.29. The molecule has 1 unspecified atom stereocenters. The molecular weight excluding hydrogens is 233 g/mol. The maximum Gasteiger partial charge on any atom is 0.125 e. The first kappa shape index (κ1) is 13.3. The van der Waals surface area contributed by atoms with Gasteiger partial charge in [0.05, 0.1) is 6.10 Å². The minimum Gasteiger partial charge on any atom is -0.492 e. The van der Waals surface area contributed by atoms with Crippen LogP contribution in [0.15, 0.2) is 18.2 Å². The third kappa shape index (κ3) is 3.43. The van der Waals surface area contributed by atoms with Gasteiger partial charge < -0.3 is 9.84 Å². The summed E-state index contributed by atoms with van der Waals surface area (Å²) in [5.74, 6) is 0.225. The molecule has 0 saturated carbocycles. The number of hydrogen-bond acceptors (Lipinski definition) is 3. The van der Waals surface area contributed by atoms with Crippen LogP contribution in [-0.4, -0.2) is 36.2 Å². The molecule has 0 aromatic heterocycles. The highest BCUT2D eigenvalue weighted by molar-refractivity contribution is 5.35. The van der Waals surface area contributed by atoms with Crippen molar-refractivity contribution in [3.8, 4) is 5.75 Å². The van der Waals surface area contributed by atoms with Gasteiger partial charge >= 0.3 is 0 Å². The Bertz CT molecular complexity index is 389. The maximum absolute atomic E-state index is 13.1. The van der Waals surface area contributed by atoms with Crippen molar-refractivity contribution < 1.29 is 14.2 Å². The quantitative estimate of drug-likeness (QED) is 0.874. The molecule has 0 radical (unpaired) electrons. The SMILES string of the molecule is CC(O)c1cc(F)ccc1OCCN1CCCC1. The molecule has 2 rings (SSSR count). The highest BCUT2D eigenvalue weighted by atomic mass is 19.1. The number of likely N-dealkylation sites (tertiary alicyclic amines) is 1. The van der Waals surface area contributed by atoms with E-state index >= 15 is 0 Å². The fraction of sp³-hybridized carbons (Fsp3) is 0.571. The summed E-state index contributed by atoms with van der Waals surface area (Å²) in [6.07, 6.45) is 1.80. The van der Waals surface area contributed by atoms with Gasteiger partial charge in [-0.25, -0.2) is 4.39 Å². The van der Waals surface area contributed by atoms with E-state index in [1.165, 1.54) is 25.0 Å². The van der Waals surface area contributed by atoms with Crippen LogP contribution >= 0.6 is 0 Å². The van der Waals surface area contributed by atoms with E-state index in [2.05, 4.69) is 4.90 Å². The topological polar surface area (TPSA) is 32.7 Å². The largest absolute Gasteiger partial charge is 0.492 e. The van der Waals surface area contributed by atoms with Crippen molar-refractivity contribution >= 4 is 0 Å². The van der Waals surface area contributed by atoms with E-state index in [4.69, 9.17) is 4.74 Å². The van der Waals surface area contributed by atoms with Gasteiger partial charge in [0.15, 0.2) is 0 Å². The van der Waals surface area contributed by atoms with E-state index in [0.717, 1.165) is 19.6 Å². The summed E-state index contributed by atoms with van der Waals surface area (Å²) in [6.45, 7) is 5.34. The standard InChI is InChI=1S/C14H20FNO2/c1-11(17)13-10-12(15)4-5-14(13)18-9-8-16-6-2-3-7-16/h4-5,10-11,17H,2-3,6-9H2,1H3. The van der Waals surface area contributed by atoms with Crippen molar-refractivity contribution in [2.75, 3.05) is 26.2 Å². The number of nitrogens with zero attached hydrogens (tertiary/aromatic N) is 1. The van der Waals surface area contributed by atoms with Crippen LogP contribution in [0.3, 0.4) is 0 Å². The molecule has 0 bridgehead atoms. The molecule has 3 nitrogen and oxygen atoms in total. The van der Waals surface area contributed by atoms with E-state index in [0.29, 0.717) is 17.9 Å². The van der Waals surface area contributed by atoms with Crippen molar-refractivity contribution in [2.24, 2.45) is 0 Å². The number of hydrogen-bond donors (Lipinski definition) is 1. The highest BCUT2D eigenvalue weighted by Crippen LogP contribution is 2.25. The van der Waals surface area contributed by atoms with E-state index in [9.17, 15) is 9.50 Å². The summed E-state index contributed by atoms with van der Waals surface area (Å²) in [4.78, 5) is 2.35. The van der Waals surface area contributed by atoms with Crippen molar-refractivity contribution in [1.29, 1.82) is 0 Å². The normalized spacial score (nSPS) is 17.9. The average Bonchev–Trinajstić information content (AvgIpc) is 2.84. The van der Waals surface area contributed by atoms with Crippen LogP contribution in [0.1, 0.15) is 31.4 Å². The van der Waals surface area contributed by atoms with Crippen LogP contribution in [0.25, 0.3) is 0 Å². The summed E-state index contributed by atoms with van der Waals surface area (Å²) in [6, 6.07) is 4.27. The van der Waals surface area contributed by atoms with Crippen LogP contribution in [0.2, 0.25) is 0 Å². The molecule has 100 valence electrons. The Kier molecular flexibility index (Phi) is 4.55. The molecule has 1 aromatic carbocycles. The van der Waals surface area contributed by atoms with E-state index < -0.39 is 6.10 Å². The van der Waals surface area contributed by atoms with Crippen molar-refractivity contribution in [3.63, 3.8) is 0 Å². The first-order chi connectivity index (χ1) is 8.66. The van der Waals surface area contributed by atoms with Gasteiger partial charge in [0.25, 0.3) is 0 Å². The monoisotopic (exact) mass is 253 g/mol. The number of halogens is 1.